The lowest BCUT2D eigenvalue weighted by molar-refractivity contribution is 0.0595. The monoisotopic (exact) mass is 462 g/mol. The second kappa shape index (κ2) is 8.96. The Labute approximate surface area is 197 Å². The molecule has 2 aromatic carbocycles. The highest BCUT2D eigenvalue weighted by Gasteiger charge is 2.42. The summed E-state index contributed by atoms with van der Waals surface area (Å²) < 4.78 is 5.34. The van der Waals surface area contributed by atoms with Gasteiger partial charge in [0.25, 0.3) is 11.8 Å². The van der Waals surface area contributed by atoms with Crippen molar-refractivity contribution in [3.05, 3.63) is 75.7 Å². The van der Waals surface area contributed by atoms with Crippen LogP contribution in [0, 0.1) is 0 Å². The molecular weight excluding hydrogens is 436 g/mol. The largest absolute Gasteiger partial charge is 0.497 e. The lowest BCUT2D eigenvalue weighted by atomic mass is 10.1. The van der Waals surface area contributed by atoms with Gasteiger partial charge in [-0.3, -0.25) is 19.4 Å². The van der Waals surface area contributed by atoms with Crippen molar-refractivity contribution in [2.45, 2.75) is 19.5 Å². The van der Waals surface area contributed by atoms with Crippen LogP contribution < -0.4 is 9.64 Å². The van der Waals surface area contributed by atoms with E-state index in [1.807, 2.05) is 36.6 Å². The fraction of sp³-hybridized carbons (Fsp3) is 0.320. The van der Waals surface area contributed by atoms with Gasteiger partial charge in [-0.2, -0.15) is 0 Å². The van der Waals surface area contributed by atoms with Crippen LogP contribution in [-0.2, 0) is 6.54 Å². The van der Waals surface area contributed by atoms with E-state index in [2.05, 4.69) is 26.9 Å². The van der Waals surface area contributed by atoms with Crippen molar-refractivity contribution in [2.75, 3.05) is 38.2 Å². The Bertz CT molecular complexity index is 1170. The van der Waals surface area contributed by atoms with Gasteiger partial charge in [0.1, 0.15) is 10.8 Å². The summed E-state index contributed by atoms with van der Waals surface area (Å²) in [7, 11) is 1.68. The first kappa shape index (κ1) is 21.6. The average molecular weight is 463 g/mol. The molecule has 3 aromatic rings. The van der Waals surface area contributed by atoms with Crippen LogP contribution in [0.4, 0.5) is 5.69 Å². The van der Waals surface area contributed by atoms with Crippen molar-refractivity contribution in [3.63, 3.8) is 0 Å². The number of carbonyl (C=O) groups excluding carboxylic acids is 2. The Morgan fingerprint density at radius 2 is 1.85 bits per heavy atom. The zero-order valence-corrected chi connectivity index (χ0v) is 19.5. The number of imide groups is 1. The molecule has 0 aliphatic carbocycles. The highest BCUT2D eigenvalue weighted by molar-refractivity contribution is 7.09. The number of piperazine rings is 1. The Hall–Kier alpha value is -3.23. The van der Waals surface area contributed by atoms with E-state index in [9.17, 15) is 9.59 Å². The minimum Gasteiger partial charge on any atom is -0.497 e. The van der Waals surface area contributed by atoms with E-state index in [4.69, 9.17) is 4.74 Å². The molecule has 2 aliphatic rings. The second-order valence-electron chi connectivity index (χ2n) is 8.34. The first-order chi connectivity index (χ1) is 16.1. The number of amides is 2. The summed E-state index contributed by atoms with van der Waals surface area (Å²) in [5.41, 5.74) is 3.07. The molecule has 1 fully saturated rings. The Kier molecular flexibility index (Phi) is 5.86. The summed E-state index contributed by atoms with van der Waals surface area (Å²) in [4.78, 5) is 36.8. The van der Waals surface area contributed by atoms with E-state index >= 15 is 0 Å². The van der Waals surface area contributed by atoms with Crippen LogP contribution in [0.2, 0.25) is 0 Å². The Balaban J connectivity index is 1.32. The quantitative estimate of drug-likeness (QED) is 0.519. The normalized spacial score (nSPS) is 17.4. The molecule has 0 bridgehead atoms. The molecule has 0 N–H and O–H groups in total. The molecule has 1 atom stereocenters. The number of hydrogen-bond donors (Lipinski definition) is 0. The summed E-state index contributed by atoms with van der Waals surface area (Å²) in [5, 5.41) is 2.62. The maximum absolute atomic E-state index is 13.4. The van der Waals surface area contributed by atoms with Gasteiger partial charge in [0.05, 0.1) is 30.0 Å². The molecule has 8 heteroatoms. The predicted molar refractivity (Wildman–Crippen MR) is 128 cm³/mol. The number of thiazole rings is 1. The highest BCUT2D eigenvalue weighted by atomic mass is 32.1. The fourth-order valence-electron chi connectivity index (χ4n) is 4.63. The predicted octanol–water partition coefficient (Wildman–Crippen LogP) is 3.83. The standard InChI is InChI=1S/C25H26N4O3S/c1-17(23-26-9-14-33-23)29-24(30)20-7-4-8-21(22(20)25(29)31)28-12-10-27(11-13-28)16-18-5-3-6-19(15-18)32-2/h3-9,14-15,17H,10-13,16H2,1-2H3. The van der Waals surface area contributed by atoms with Crippen LogP contribution in [0.5, 0.6) is 5.75 Å². The molecule has 2 aliphatic heterocycles. The van der Waals surface area contributed by atoms with Gasteiger partial charge >= 0.3 is 0 Å². The molecule has 7 nitrogen and oxygen atoms in total. The van der Waals surface area contributed by atoms with Crippen LogP contribution in [0.25, 0.3) is 0 Å². The van der Waals surface area contributed by atoms with Gasteiger partial charge in [-0.25, -0.2) is 4.98 Å². The molecule has 3 heterocycles. The van der Waals surface area contributed by atoms with Gasteiger partial charge in [0.15, 0.2) is 0 Å². The summed E-state index contributed by atoms with van der Waals surface area (Å²) in [6.07, 6.45) is 1.70. The molecule has 0 saturated carbocycles. The van der Waals surface area contributed by atoms with Crippen molar-refractivity contribution < 1.29 is 14.3 Å². The van der Waals surface area contributed by atoms with Crippen molar-refractivity contribution in [1.29, 1.82) is 0 Å². The SMILES string of the molecule is COc1cccc(CN2CCN(c3cccc4c3C(=O)N(C(C)c3nccs3)C4=O)CC2)c1. The molecule has 1 unspecified atom stereocenters. The zero-order valence-electron chi connectivity index (χ0n) is 18.7. The lowest BCUT2D eigenvalue weighted by Crippen LogP contribution is -2.46. The number of carbonyl (C=O) groups is 2. The van der Waals surface area contributed by atoms with Gasteiger partial charge in [-0.05, 0) is 36.8 Å². The van der Waals surface area contributed by atoms with Crippen molar-refractivity contribution in [3.8, 4) is 5.75 Å². The van der Waals surface area contributed by atoms with Gasteiger partial charge < -0.3 is 9.64 Å². The molecule has 0 radical (unpaired) electrons. The molecule has 1 saturated heterocycles. The number of hydrogen-bond acceptors (Lipinski definition) is 7. The van der Waals surface area contributed by atoms with Gasteiger partial charge in [0.2, 0.25) is 0 Å². The van der Waals surface area contributed by atoms with Crippen molar-refractivity contribution >= 4 is 28.8 Å². The number of nitrogens with zero attached hydrogens (tertiary/aromatic N) is 4. The molecule has 0 spiro atoms. The number of rotatable bonds is 6. The first-order valence-corrected chi connectivity index (χ1v) is 12.0. The minimum absolute atomic E-state index is 0.230. The molecule has 170 valence electrons. The number of ether oxygens (including phenoxy) is 1. The minimum atomic E-state index is -0.384. The van der Waals surface area contributed by atoms with Crippen LogP contribution in [0.3, 0.4) is 0 Å². The van der Waals surface area contributed by atoms with Crippen molar-refractivity contribution in [1.82, 2.24) is 14.8 Å². The van der Waals surface area contributed by atoms with Crippen LogP contribution in [-0.4, -0.2) is 59.9 Å². The molecule has 33 heavy (non-hydrogen) atoms. The van der Waals surface area contributed by atoms with E-state index in [-0.39, 0.29) is 17.9 Å². The van der Waals surface area contributed by atoms with E-state index < -0.39 is 0 Å². The van der Waals surface area contributed by atoms with E-state index in [0.29, 0.717) is 11.1 Å². The lowest BCUT2D eigenvalue weighted by Gasteiger charge is -2.36. The third-order valence-electron chi connectivity index (χ3n) is 6.37. The number of methoxy groups -OCH3 is 1. The third kappa shape index (κ3) is 4.00. The van der Waals surface area contributed by atoms with Crippen LogP contribution >= 0.6 is 11.3 Å². The van der Waals surface area contributed by atoms with E-state index in [1.54, 1.807) is 19.4 Å². The van der Waals surface area contributed by atoms with E-state index in [0.717, 1.165) is 49.2 Å². The maximum atomic E-state index is 13.4. The Morgan fingerprint density at radius 1 is 1.06 bits per heavy atom. The number of anilines is 1. The number of benzene rings is 2. The highest BCUT2D eigenvalue weighted by Crippen LogP contribution is 2.37. The van der Waals surface area contributed by atoms with Crippen LogP contribution in [0.1, 0.15) is 44.3 Å². The first-order valence-electron chi connectivity index (χ1n) is 11.1. The molecule has 5 rings (SSSR count). The summed E-state index contributed by atoms with van der Waals surface area (Å²) in [6, 6.07) is 13.4. The summed E-state index contributed by atoms with van der Waals surface area (Å²) in [5.74, 6) is 0.397. The molecular formula is C25H26N4O3S. The molecule has 2 amide bonds. The van der Waals surface area contributed by atoms with E-state index in [1.165, 1.54) is 21.8 Å². The van der Waals surface area contributed by atoms with Crippen molar-refractivity contribution in [2.24, 2.45) is 0 Å². The van der Waals surface area contributed by atoms with Gasteiger partial charge in [0, 0.05) is 44.3 Å². The zero-order chi connectivity index (χ0) is 22.9. The second-order valence-corrected chi connectivity index (χ2v) is 9.27. The summed E-state index contributed by atoms with van der Waals surface area (Å²) in [6.45, 7) is 6.06. The molecule has 1 aromatic heterocycles. The topological polar surface area (TPSA) is 66.0 Å². The average Bonchev–Trinajstić information content (AvgIpc) is 3.47. The fourth-order valence-corrected chi connectivity index (χ4v) is 5.31. The number of fused-ring (bicyclic) bond motifs is 1. The van der Waals surface area contributed by atoms with Crippen LogP contribution in [0.15, 0.2) is 54.0 Å². The van der Waals surface area contributed by atoms with Gasteiger partial charge in [-0.1, -0.05) is 18.2 Å². The Morgan fingerprint density at radius 3 is 2.58 bits per heavy atom. The van der Waals surface area contributed by atoms with Gasteiger partial charge in [-0.15, -0.1) is 11.3 Å². The smallest absolute Gasteiger partial charge is 0.264 e. The number of aromatic nitrogens is 1. The maximum Gasteiger partial charge on any atom is 0.264 e. The summed E-state index contributed by atoms with van der Waals surface area (Å²) >= 11 is 1.46. The third-order valence-corrected chi connectivity index (χ3v) is 7.32.